The molecule has 5 rings (SSSR count). The van der Waals surface area contributed by atoms with Gasteiger partial charge >= 0.3 is 5.97 Å². The minimum atomic E-state index is -0.894. The van der Waals surface area contributed by atoms with E-state index >= 15 is 0 Å². The monoisotopic (exact) mass is 387 g/mol. The summed E-state index contributed by atoms with van der Waals surface area (Å²) >= 11 is 12.8. The Kier molecular flexibility index (Phi) is 3.74. The molecule has 2 aromatic carbocycles. The molecule has 0 spiro atoms. The molecule has 134 valence electrons. The summed E-state index contributed by atoms with van der Waals surface area (Å²) in [6, 6.07) is 11.3. The van der Waals surface area contributed by atoms with E-state index in [1.165, 1.54) is 24.8 Å². The number of nitrogens with one attached hydrogen (secondary N) is 1. The fourth-order valence-corrected chi connectivity index (χ4v) is 6.24. The molecule has 1 heterocycles. The Morgan fingerprint density at radius 3 is 2.54 bits per heavy atom. The first-order valence-corrected chi connectivity index (χ1v) is 9.87. The van der Waals surface area contributed by atoms with Gasteiger partial charge in [-0.25, -0.2) is 4.79 Å². The zero-order valence-electron chi connectivity index (χ0n) is 14.1. The van der Waals surface area contributed by atoms with Crippen molar-refractivity contribution in [2.75, 3.05) is 5.32 Å². The van der Waals surface area contributed by atoms with Crippen molar-refractivity contribution in [2.24, 2.45) is 17.8 Å². The van der Waals surface area contributed by atoms with Gasteiger partial charge in [-0.15, -0.1) is 0 Å². The van der Waals surface area contributed by atoms with Crippen LogP contribution in [0.5, 0.6) is 0 Å². The molecule has 0 saturated heterocycles. The minimum Gasteiger partial charge on any atom is -0.478 e. The number of fused-ring (bicyclic) bond motifs is 7. The van der Waals surface area contributed by atoms with Gasteiger partial charge in [0, 0.05) is 5.02 Å². The number of carbonyl (C=O) groups is 1. The van der Waals surface area contributed by atoms with Gasteiger partial charge in [-0.2, -0.15) is 0 Å². The van der Waals surface area contributed by atoms with E-state index in [9.17, 15) is 4.79 Å². The molecule has 2 aromatic rings. The summed E-state index contributed by atoms with van der Waals surface area (Å²) in [4.78, 5) is 11.2. The third kappa shape index (κ3) is 2.37. The van der Waals surface area contributed by atoms with Crippen molar-refractivity contribution < 1.29 is 9.90 Å². The SMILES string of the molecule is O=C(O)c1ccc([C@@H]2Nc3c(Cl)cc(Cl)cc3[C@H]3[C@H]4CC[C@@H](C4)[C@H]32)cc1. The van der Waals surface area contributed by atoms with Crippen LogP contribution < -0.4 is 5.32 Å². The summed E-state index contributed by atoms with van der Waals surface area (Å²) in [6.07, 6.45) is 3.82. The lowest BCUT2D eigenvalue weighted by Gasteiger charge is -2.44. The highest BCUT2D eigenvalue weighted by atomic mass is 35.5. The molecule has 0 amide bonds. The number of hydrogen-bond donors (Lipinski definition) is 2. The Morgan fingerprint density at radius 1 is 1.08 bits per heavy atom. The van der Waals surface area contributed by atoms with Crippen LogP contribution in [0.3, 0.4) is 0 Å². The van der Waals surface area contributed by atoms with E-state index in [1.807, 2.05) is 12.1 Å². The smallest absolute Gasteiger partial charge is 0.335 e. The Hall–Kier alpha value is -1.71. The van der Waals surface area contributed by atoms with Gasteiger partial charge in [0.1, 0.15) is 0 Å². The van der Waals surface area contributed by atoms with E-state index in [1.54, 1.807) is 18.2 Å². The molecular weight excluding hydrogens is 369 g/mol. The molecule has 2 N–H and O–H groups in total. The summed E-state index contributed by atoms with van der Waals surface area (Å²) in [7, 11) is 0. The van der Waals surface area contributed by atoms with Crippen molar-refractivity contribution in [1.82, 2.24) is 0 Å². The van der Waals surface area contributed by atoms with Crippen molar-refractivity contribution in [3.05, 3.63) is 63.1 Å². The lowest BCUT2D eigenvalue weighted by molar-refractivity contribution is 0.0697. The third-order valence-electron chi connectivity index (χ3n) is 6.63. The Bertz CT molecular complexity index is 896. The lowest BCUT2D eigenvalue weighted by Crippen LogP contribution is -2.35. The van der Waals surface area contributed by atoms with Crippen molar-refractivity contribution in [3.63, 3.8) is 0 Å². The molecule has 3 aliphatic rings. The second kappa shape index (κ2) is 5.90. The standard InChI is InChI=1S/C21H19Cl2NO2/c22-14-8-15-17-12-5-6-13(7-12)18(17)19(24-20(15)16(23)9-14)10-1-3-11(4-2-10)21(25)26/h1-4,8-9,12-13,17-19,24H,5-7H2,(H,25,26)/t12-,13-,17+,18+,19-/m0/s1. The summed E-state index contributed by atoms with van der Waals surface area (Å²) in [5, 5.41) is 14.2. The van der Waals surface area contributed by atoms with E-state index < -0.39 is 5.97 Å². The number of carboxylic acid groups (broad SMARTS) is 1. The van der Waals surface area contributed by atoms with E-state index in [0.717, 1.165) is 11.3 Å². The highest BCUT2D eigenvalue weighted by Crippen LogP contribution is 2.64. The predicted octanol–water partition coefficient (Wildman–Crippen LogP) is 5.99. The summed E-state index contributed by atoms with van der Waals surface area (Å²) < 4.78 is 0. The van der Waals surface area contributed by atoms with Crippen LogP contribution in [0.4, 0.5) is 5.69 Å². The van der Waals surface area contributed by atoms with Crippen LogP contribution in [0, 0.1) is 17.8 Å². The average Bonchev–Trinajstić information content (AvgIpc) is 3.23. The van der Waals surface area contributed by atoms with Crippen LogP contribution in [0.2, 0.25) is 10.0 Å². The number of anilines is 1. The summed E-state index contributed by atoms with van der Waals surface area (Å²) in [5.41, 5.74) is 3.71. The molecule has 0 unspecified atom stereocenters. The third-order valence-corrected chi connectivity index (χ3v) is 7.14. The molecule has 1 aliphatic heterocycles. The topological polar surface area (TPSA) is 49.3 Å². The number of aromatic carboxylic acids is 1. The van der Waals surface area contributed by atoms with E-state index in [0.29, 0.717) is 39.3 Å². The molecule has 26 heavy (non-hydrogen) atoms. The van der Waals surface area contributed by atoms with Crippen molar-refractivity contribution in [1.29, 1.82) is 0 Å². The van der Waals surface area contributed by atoms with Crippen LogP contribution in [-0.2, 0) is 0 Å². The van der Waals surface area contributed by atoms with Crippen LogP contribution in [0.25, 0.3) is 0 Å². The van der Waals surface area contributed by atoms with Gasteiger partial charge in [0.2, 0.25) is 0 Å². The van der Waals surface area contributed by atoms with E-state index in [-0.39, 0.29) is 6.04 Å². The number of benzene rings is 2. The van der Waals surface area contributed by atoms with Crippen LogP contribution in [0.1, 0.15) is 52.7 Å². The van der Waals surface area contributed by atoms with Crippen LogP contribution >= 0.6 is 23.2 Å². The molecule has 3 nitrogen and oxygen atoms in total. The molecule has 0 aromatic heterocycles. The highest BCUT2D eigenvalue weighted by molar-refractivity contribution is 6.36. The van der Waals surface area contributed by atoms with Crippen molar-refractivity contribution in [3.8, 4) is 0 Å². The molecule has 2 aliphatic carbocycles. The van der Waals surface area contributed by atoms with Gasteiger partial charge in [-0.1, -0.05) is 35.3 Å². The summed E-state index contributed by atoms with van der Waals surface area (Å²) in [5.74, 6) is 1.49. The Labute approximate surface area is 162 Å². The summed E-state index contributed by atoms with van der Waals surface area (Å²) in [6.45, 7) is 0. The van der Waals surface area contributed by atoms with Crippen molar-refractivity contribution >= 4 is 34.9 Å². The maximum absolute atomic E-state index is 11.2. The molecule has 0 radical (unpaired) electrons. The Morgan fingerprint density at radius 2 is 1.81 bits per heavy atom. The van der Waals surface area contributed by atoms with Gasteiger partial charge in [0.25, 0.3) is 0 Å². The molecular formula is C21H19Cl2NO2. The molecule has 2 bridgehead atoms. The maximum atomic E-state index is 11.2. The second-order valence-corrected chi connectivity index (χ2v) is 8.68. The fourth-order valence-electron chi connectivity index (χ4n) is 5.68. The number of rotatable bonds is 2. The molecule has 5 heteroatoms. The zero-order valence-corrected chi connectivity index (χ0v) is 15.6. The van der Waals surface area contributed by atoms with Gasteiger partial charge < -0.3 is 10.4 Å². The highest BCUT2D eigenvalue weighted by Gasteiger charge is 2.54. The van der Waals surface area contributed by atoms with Crippen LogP contribution in [-0.4, -0.2) is 11.1 Å². The maximum Gasteiger partial charge on any atom is 0.335 e. The number of halogens is 2. The first-order valence-electron chi connectivity index (χ1n) is 9.11. The fraction of sp³-hybridized carbons (Fsp3) is 0.381. The second-order valence-electron chi connectivity index (χ2n) is 7.84. The predicted molar refractivity (Wildman–Crippen MR) is 103 cm³/mol. The minimum absolute atomic E-state index is 0.157. The van der Waals surface area contributed by atoms with E-state index in [4.69, 9.17) is 28.3 Å². The van der Waals surface area contributed by atoms with Gasteiger partial charge in [0.05, 0.1) is 22.3 Å². The zero-order chi connectivity index (χ0) is 18.0. The first kappa shape index (κ1) is 16.5. The molecule has 2 saturated carbocycles. The molecule has 2 fully saturated rings. The largest absolute Gasteiger partial charge is 0.478 e. The van der Waals surface area contributed by atoms with Crippen LogP contribution in [0.15, 0.2) is 36.4 Å². The quantitative estimate of drug-likeness (QED) is 0.665. The Balaban J connectivity index is 1.61. The molecule has 5 atom stereocenters. The van der Waals surface area contributed by atoms with Gasteiger partial charge in [-0.3, -0.25) is 0 Å². The van der Waals surface area contributed by atoms with E-state index in [2.05, 4.69) is 11.4 Å². The van der Waals surface area contributed by atoms with Crippen molar-refractivity contribution in [2.45, 2.75) is 31.2 Å². The van der Waals surface area contributed by atoms with Gasteiger partial charge in [0.15, 0.2) is 0 Å². The first-order chi connectivity index (χ1) is 12.5. The lowest BCUT2D eigenvalue weighted by atomic mass is 9.68. The number of hydrogen-bond acceptors (Lipinski definition) is 2. The van der Waals surface area contributed by atoms with Gasteiger partial charge in [-0.05, 0) is 78.3 Å². The normalized spacial score (nSPS) is 31.2. The number of carboxylic acids is 1. The average molecular weight is 388 g/mol.